The number of nitrogens with zero attached hydrogens (tertiary/aromatic N) is 2. The molecule has 0 aromatic heterocycles. The number of fused-ring (bicyclic) bond motifs is 1. The van der Waals surface area contributed by atoms with E-state index in [-0.39, 0.29) is 17.5 Å². The van der Waals surface area contributed by atoms with Crippen LogP contribution < -0.4 is 10.3 Å². The van der Waals surface area contributed by atoms with Crippen molar-refractivity contribution in [2.45, 2.75) is 6.54 Å². The summed E-state index contributed by atoms with van der Waals surface area (Å²) in [5, 5.41) is 11.2. The van der Waals surface area contributed by atoms with Gasteiger partial charge in [-0.2, -0.15) is 0 Å². The highest BCUT2D eigenvalue weighted by Crippen LogP contribution is 2.29. The number of nitro benzene ring substituents is 1. The molecular formula is C21H17BN2O2. The summed E-state index contributed by atoms with van der Waals surface area (Å²) in [5.74, 6) is 2.12. The number of para-hydroxylation sites is 1. The Morgan fingerprint density at radius 1 is 0.923 bits per heavy atom. The smallest absolute Gasteiger partial charge is 0.316 e. The van der Waals surface area contributed by atoms with Gasteiger partial charge in [-0.15, -0.1) is 0 Å². The summed E-state index contributed by atoms with van der Waals surface area (Å²) < 4.78 is 0. The van der Waals surface area contributed by atoms with Gasteiger partial charge >= 0.3 is 6.85 Å². The van der Waals surface area contributed by atoms with Gasteiger partial charge < -0.3 is 4.81 Å². The van der Waals surface area contributed by atoms with Gasteiger partial charge in [-0.05, 0) is 22.7 Å². The van der Waals surface area contributed by atoms with Crippen molar-refractivity contribution < 1.29 is 4.92 Å². The fourth-order valence-electron chi connectivity index (χ4n) is 3.42. The largest absolute Gasteiger partial charge is 0.403 e. The average Bonchev–Trinajstić information content (AvgIpc) is 2.69. The quantitative estimate of drug-likeness (QED) is 0.409. The molecule has 0 N–H and O–H groups in total. The summed E-state index contributed by atoms with van der Waals surface area (Å²) in [6.07, 6.45) is 2.10. The van der Waals surface area contributed by atoms with Gasteiger partial charge in [0.25, 0.3) is 5.69 Å². The molecule has 0 unspecified atom stereocenters. The van der Waals surface area contributed by atoms with E-state index in [2.05, 4.69) is 41.1 Å². The predicted octanol–water partition coefficient (Wildman–Crippen LogP) is 4.07. The van der Waals surface area contributed by atoms with Gasteiger partial charge in [-0.25, -0.2) is 0 Å². The molecule has 5 heteroatoms. The molecule has 4 rings (SSSR count). The van der Waals surface area contributed by atoms with Crippen molar-refractivity contribution in [3.8, 4) is 0 Å². The first-order valence-corrected chi connectivity index (χ1v) is 8.54. The van der Waals surface area contributed by atoms with Crippen molar-refractivity contribution in [1.29, 1.82) is 0 Å². The van der Waals surface area contributed by atoms with Gasteiger partial charge in [0.05, 0.1) is 4.92 Å². The Hall–Kier alpha value is -3.34. The van der Waals surface area contributed by atoms with Crippen LogP contribution in [0.25, 0.3) is 6.08 Å². The first kappa shape index (κ1) is 16.2. The third-order valence-corrected chi connectivity index (χ3v) is 4.66. The molecule has 0 aliphatic carbocycles. The summed E-state index contributed by atoms with van der Waals surface area (Å²) in [6, 6.07) is 25.4. The van der Waals surface area contributed by atoms with Crippen LogP contribution in [0.3, 0.4) is 0 Å². The fraction of sp³-hybridized carbons (Fsp3) is 0.0476. The molecule has 0 saturated heterocycles. The van der Waals surface area contributed by atoms with Crippen molar-refractivity contribution in [3.05, 3.63) is 106 Å². The average molecular weight is 340 g/mol. The van der Waals surface area contributed by atoms with Crippen LogP contribution in [-0.2, 0) is 6.54 Å². The zero-order chi connectivity index (χ0) is 17.9. The molecule has 1 heterocycles. The van der Waals surface area contributed by atoms with Crippen LogP contribution in [0.5, 0.6) is 0 Å². The molecule has 0 amide bonds. The number of rotatable bonds is 4. The lowest BCUT2D eigenvalue weighted by molar-refractivity contribution is -0.384. The Kier molecular flexibility index (Phi) is 4.28. The Bertz CT molecular complexity index is 973. The molecule has 1 aliphatic heterocycles. The molecule has 4 nitrogen and oxygen atoms in total. The zero-order valence-corrected chi connectivity index (χ0v) is 14.2. The minimum atomic E-state index is -0.342. The summed E-state index contributed by atoms with van der Waals surface area (Å²) in [7, 11) is 0. The molecule has 1 aliphatic rings. The van der Waals surface area contributed by atoms with Crippen LogP contribution in [0.4, 0.5) is 11.4 Å². The van der Waals surface area contributed by atoms with E-state index in [9.17, 15) is 10.1 Å². The van der Waals surface area contributed by atoms with E-state index in [1.165, 1.54) is 11.6 Å². The summed E-state index contributed by atoms with van der Waals surface area (Å²) in [4.78, 5) is 13.1. The molecule has 3 aromatic rings. The highest BCUT2D eigenvalue weighted by Gasteiger charge is 2.29. The number of hydrogen-bond donors (Lipinski definition) is 0. The maximum Gasteiger partial charge on any atom is 0.316 e. The summed E-state index contributed by atoms with van der Waals surface area (Å²) in [5.41, 5.74) is 4.53. The standard InChI is InChI=1S/C21H17BN2O2/c25-24(26)20-11-6-10-19(15-20)22-14-13-18-9-4-5-12-21(18)23(22)16-17-7-2-1-3-8-17/h1-15H,16H2. The molecule has 0 atom stereocenters. The van der Waals surface area contributed by atoms with E-state index in [4.69, 9.17) is 0 Å². The van der Waals surface area contributed by atoms with Gasteiger partial charge in [0.2, 0.25) is 0 Å². The van der Waals surface area contributed by atoms with Crippen LogP contribution in [0.2, 0.25) is 0 Å². The van der Waals surface area contributed by atoms with E-state index in [1.54, 1.807) is 12.1 Å². The lowest BCUT2D eigenvalue weighted by Crippen LogP contribution is -2.48. The van der Waals surface area contributed by atoms with Gasteiger partial charge in [0.15, 0.2) is 0 Å². The van der Waals surface area contributed by atoms with E-state index >= 15 is 0 Å². The first-order chi connectivity index (χ1) is 12.7. The summed E-state index contributed by atoms with van der Waals surface area (Å²) in [6.45, 7) is 0.681. The molecule has 0 saturated carbocycles. The fourth-order valence-corrected chi connectivity index (χ4v) is 3.42. The highest BCUT2D eigenvalue weighted by atomic mass is 16.6. The van der Waals surface area contributed by atoms with Crippen LogP contribution in [0.15, 0.2) is 84.8 Å². The lowest BCUT2D eigenvalue weighted by atomic mass is 9.52. The summed E-state index contributed by atoms with van der Waals surface area (Å²) >= 11 is 0. The maximum absolute atomic E-state index is 11.2. The van der Waals surface area contributed by atoms with Gasteiger partial charge in [0.1, 0.15) is 0 Å². The van der Waals surface area contributed by atoms with Gasteiger partial charge in [0, 0.05) is 24.4 Å². The SMILES string of the molecule is O=[N+]([O-])c1cccc(B2C=Cc3ccccc3N2Cc2ccccc2)c1. The van der Waals surface area contributed by atoms with E-state index < -0.39 is 0 Å². The number of non-ortho nitro benzene ring substituents is 1. The topological polar surface area (TPSA) is 46.4 Å². The van der Waals surface area contributed by atoms with Crippen molar-refractivity contribution >= 4 is 29.8 Å². The van der Waals surface area contributed by atoms with Crippen molar-refractivity contribution in [3.63, 3.8) is 0 Å². The Morgan fingerprint density at radius 3 is 2.50 bits per heavy atom. The third-order valence-electron chi connectivity index (χ3n) is 4.66. The minimum Gasteiger partial charge on any atom is -0.403 e. The number of anilines is 1. The molecule has 0 spiro atoms. The number of benzene rings is 3. The minimum absolute atomic E-state index is 0.0509. The molecule has 126 valence electrons. The third kappa shape index (κ3) is 3.11. The van der Waals surface area contributed by atoms with E-state index in [0.29, 0.717) is 0 Å². The highest BCUT2D eigenvalue weighted by molar-refractivity contribution is 6.82. The molecule has 3 aromatic carbocycles. The Labute approximate surface area is 152 Å². The van der Waals surface area contributed by atoms with Crippen molar-refractivity contribution in [1.82, 2.24) is 0 Å². The van der Waals surface area contributed by atoms with Crippen molar-refractivity contribution in [2.24, 2.45) is 0 Å². The van der Waals surface area contributed by atoms with E-state index in [0.717, 1.165) is 23.3 Å². The number of hydrogen-bond acceptors (Lipinski definition) is 3. The van der Waals surface area contributed by atoms with Crippen LogP contribution in [-0.4, -0.2) is 11.8 Å². The Morgan fingerprint density at radius 2 is 1.69 bits per heavy atom. The second-order valence-electron chi connectivity index (χ2n) is 6.33. The second-order valence-corrected chi connectivity index (χ2v) is 6.33. The normalized spacial score (nSPS) is 12.8. The molecular weight excluding hydrogens is 323 g/mol. The molecule has 0 bridgehead atoms. The monoisotopic (exact) mass is 340 g/mol. The molecule has 0 radical (unpaired) electrons. The molecule has 0 fully saturated rings. The van der Waals surface area contributed by atoms with Crippen LogP contribution in [0, 0.1) is 10.1 Å². The van der Waals surface area contributed by atoms with Gasteiger partial charge in [-0.1, -0.05) is 72.7 Å². The first-order valence-electron chi connectivity index (χ1n) is 8.54. The van der Waals surface area contributed by atoms with Crippen LogP contribution >= 0.6 is 0 Å². The van der Waals surface area contributed by atoms with Gasteiger partial charge in [-0.3, -0.25) is 10.1 Å². The maximum atomic E-state index is 11.2. The predicted molar refractivity (Wildman–Crippen MR) is 107 cm³/mol. The zero-order valence-electron chi connectivity index (χ0n) is 14.2. The van der Waals surface area contributed by atoms with Crippen LogP contribution in [0.1, 0.15) is 11.1 Å². The molecule has 26 heavy (non-hydrogen) atoms. The second kappa shape index (κ2) is 6.88. The lowest BCUT2D eigenvalue weighted by Gasteiger charge is -2.34. The number of nitro groups is 1. The van der Waals surface area contributed by atoms with E-state index in [1.807, 2.05) is 36.4 Å². The van der Waals surface area contributed by atoms with Crippen molar-refractivity contribution in [2.75, 3.05) is 4.81 Å². The Balaban J connectivity index is 1.77.